The molecule has 2 fully saturated rings. The maximum absolute atomic E-state index is 14.1. The smallest absolute Gasteiger partial charge is 0.308 e. The summed E-state index contributed by atoms with van der Waals surface area (Å²) >= 11 is 0. The molecular weight excluding hydrogens is 487 g/mol. The average Bonchev–Trinajstić information content (AvgIpc) is 2.96. The van der Waals surface area contributed by atoms with Crippen LogP contribution in [0.2, 0.25) is 0 Å². The molecule has 38 heavy (non-hydrogen) atoms. The van der Waals surface area contributed by atoms with Crippen LogP contribution in [0.1, 0.15) is 62.0 Å². The zero-order valence-electron chi connectivity index (χ0n) is 22.2. The van der Waals surface area contributed by atoms with Gasteiger partial charge in [0.1, 0.15) is 11.6 Å². The van der Waals surface area contributed by atoms with Crippen LogP contribution in [0.5, 0.6) is 5.75 Å². The van der Waals surface area contributed by atoms with E-state index in [9.17, 15) is 18.8 Å². The molecule has 4 rings (SSSR count). The van der Waals surface area contributed by atoms with Crippen molar-refractivity contribution >= 4 is 23.5 Å². The number of amides is 2. The van der Waals surface area contributed by atoms with Gasteiger partial charge in [0.05, 0.1) is 20.1 Å². The van der Waals surface area contributed by atoms with E-state index in [-0.39, 0.29) is 41.9 Å². The fraction of sp³-hybridized carbons (Fsp3) is 0.500. The molecule has 1 heterocycles. The number of methoxy groups -OCH3 is 2. The van der Waals surface area contributed by atoms with Crippen molar-refractivity contribution in [3.05, 3.63) is 59.4 Å². The highest BCUT2D eigenvalue weighted by Gasteiger charge is 2.34. The fourth-order valence-corrected chi connectivity index (χ4v) is 5.60. The molecule has 2 aromatic carbocycles. The van der Waals surface area contributed by atoms with Gasteiger partial charge in [-0.2, -0.15) is 0 Å². The summed E-state index contributed by atoms with van der Waals surface area (Å²) in [5.41, 5.74) is 2.40. The zero-order valence-corrected chi connectivity index (χ0v) is 22.2. The van der Waals surface area contributed by atoms with Crippen LogP contribution >= 0.6 is 0 Å². The third kappa shape index (κ3) is 6.91. The first-order valence-corrected chi connectivity index (χ1v) is 13.5. The van der Waals surface area contributed by atoms with E-state index in [4.69, 9.17) is 9.47 Å². The van der Waals surface area contributed by atoms with Crippen LogP contribution in [0, 0.1) is 17.7 Å². The number of likely N-dealkylation sites (tertiary alicyclic amines) is 1. The topological polar surface area (TPSA) is 84.9 Å². The van der Waals surface area contributed by atoms with Crippen LogP contribution in [0.3, 0.4) is 0 Å². The molecule has 7 nitrogen and oxygen atoms in total. The molecule has 2 aromatic rings. The van der Waals surface area contributed by atoms with Crippen molar-refractivity contribution in [3.63, 3.8) is 0 Å². The molecule has 2 amide bonds. The summed E-state index contributed by atoms with van der Waals surface area (Å²) in [5.74, 6) is 0.283. The van der Waals surface area contributed by atoms with Gasteiger partial charge < -0.3 is 19.7 Å². The lowest BCUT2D eigenvalue weighted by Crippen LogP contribution is -2.42. The van der Waals surface area contributed by atoms with E-state index >= 15 is 0 Å². The molecule has 0 aromatic heterocycles. The lowest BCUT2D eigenvalue weighted by molar-refractivity contribution is -0.148. The van der Waals surface area contributed by atoms with E-state index in [2.05, 4.69) is 5.32 Å². The molecule has 0 spiro atoms. The lowest BCUT2D eigenvalue weighted by Gasteiger charge is -2.36. The summed E-state index contributed by atoms with van der Waals surface area (Å²) < 4.78 is 24.0. The van der Waals surface area contributed by atoms with Gasteiger partial charge in [-0.05, 0) is 80.2 Å². The van der Waals surface area contributed by atoms with Crippen molar-refractivity contribution in [2.45, 2.75) is 57.3 Å². The predicted molar refractivity (Wildman–Crippen MR) is 142 cm³/mol. The third-order valence-corrected chi connectivity index (χ3v) is 7.97. The van der Waals surface area contributed by atoms with Gasteiger partial charge in [-0.1, -0.05) is 18.2 Å². The van der Waals surface area contributed by atoms with E-state index in [0.29, 0.717) is 29.3 Å². The van der Waals surface area contributed by atoms with E-state index < -0.39 is 0 Å². The number of hydrogen-bond acceptors (Lipinski definition) is 5. The van der Waals surface area contributed by atoms with Crippen LogP contribution in [0.15, 0.2) is 42.5 Å². The minimum atomic E-state index is -0.375. The number of aryl methyl sites for hydroxylation is 1. The van der Waals surface area contributed by atoms with Crippen LogP contribution in [-0.2, 0) is 25.5 Å². The predicted octanol–water partition coefficient (Wildman–Crippen LogP) is 5.09. The number of rotatable bonds is 8. The van der Waals surface area contributed by atoms with Gasteiger partial charge in [0, 0.05) is 37.2 Å². The van der Waals surface area contributed by atoms with Crippen molar-refractivity contribution in [1.29, 1.82) is 0 Å². The standard InChI is InChI=1S/C30H37FN2O5/c1-37-26-13-9-22(27(31)19-26)10-14-28(34)32-25-11-7-20(8-12-25)21-15-17-33(18-16-21)29(35)23-3-5-24(6-4-23)30(36)38-2/h7-9,11-13,19,21,23-24H,3-6,10,14-18H2,1-2H3,(H,32,34). The first-order valence-electron chi connectivity index (χ1n) is 13.5. The summed E-state index contributed by atoms with van der Waals surface area (Å²) in [6.45, 7) is 1.47. The first-order chi connectivity index (χ1) is 18.4. The van der Waals surface area contributed by atoms with Gasteiger partial charge in [-0.3, -0.25) is 14.4 Å². The lowest BCUT2D eigenvalue weighted by atomic mass is 9.80. The second-order valence-electron chi connectivity index (χ2n) is 10.3. The van der Waals surface area contributed by atoms with Crippen molar-refractivity contribution in [2.75, 3.05) is 32.6 Å². The molecule has 1 aliphatic heterocycles. The van der Waals surface area contributed by atoms with Gasteiger partial charge in [-0.25, -0.2) is 4.39 Å². The summed E-state index contributed by atoms with van der Waals surface area (Å²) in [4.78, 5) is 39.1. The van der Waals surface area contributed by atoms with Crippen molar-refractivity contribution < 1.29 is 28.2 Å². The van der Waals surface area contributed by atoms with Crippen LogP contribution < -0.4 is 10.1 Å². The Bertz CT molecular complexity index is 1120. The Morgan fingerprint density at radius 1 is 0.921 bits per heavy atom. The molecule has 1 saturated carbocycles. The summed E-state index contributed by atoms with van der Waals surface area (Å²) in [6, 6.07) is 12.5. The third-order valence-electron chi connectivity index (χ3n) is 7.97. The maximum atomic E-state index is 14.1. The normalized spacial score (nSPS) is 20.0. The van der Waals surface area contributed by atoms with Gasteiger partial charge in [-0.15, -0.1) is 0 Å². The number of carbonyl (C=O) groups excluding carboxylic acids is 3. The largest absolute Gasteiger partial charge is 0.497 e. The van der Waals surface area contributed by atoms with Gasteiger partial charge in [0.15, 0.2) is 0 Å². The highest BCUT2D eigenvalue weighted by Crippen LogP contribution is 2.34. The van der Waals surface area contributed by atoms with Gasteiger partial charge in [0.25, 0.3) is 0 Å². The number of ether oxygens (including phenoxy) is 2. The minimum absolute atomic E-state index is 0.0107. The molecule has 0 unspecified atom stereocenters. The van der Waals surface area contributed by atoms with Crippen molar-refractivity contribution in [2.24, 2.45) is 11.8 Å². The van der Waals surface area contributed by atoms with E-state index in [1.54, 1.807) is 12.1 Å². The van der Waals surface area contributed by atoms with Gasteiger partial charge in [0.2, 0.25) is 11.8 Å². The maximum Gasteiger partial charge on any atom is 0.308 e. The second kappa shape index (κ2) is 12.9. The fourth-order valence-electron chi connectivity index (χ4n) is 5.60. The average molecular weight is 525 g/mol. The number of piperidine rings is 1. The number of benzene rings is 2. The molecule has 1 N–H and O–H groups in total. The Balaban J connectivity index is 1.21. The summed E-state index contributed by atoms with van der Waals surface area (Å²) in [7, 11) is 2.90. The van der Waals surface area contributed by atoms with Crippen molar-refractivity contribution in [3.8, 4) is 5.75 Å². The molecule has 2 aliphatic rings. The molecule has 0 bridgehead atoms. The molecule has 204 valence electrons. The monoisotopic (exact) mass is 524 g/mol. The quantitative estimate of drug-likeness (QED) is 0.486. The highest BCUT2D eigenvalue weighted by atomic mass is 19.1. The molecule has 0 radical (unpaired) electrons. The summed E-state index contributed by atoms with van der Waals surface area (Å²) in [5, 5.41) is 2.89. The SMILES string of the molecule is COC(=O)C1CCC(C(=O)N2CCC(c3ccc(NC(=O)CCc4ccc(OC)cc4F)cc3)CC2)CC1. The van der Waals surface area contributed by atoms with E-state index in [0.717, 1.165) is 51.6 Å². The first kappa shape index (κ1) is 27.6. The molecule has 0 atom stereocenters. The van der Waals surface area contributed by atoms with Crippen molar-refractivity contribution in [1.82, 2.24) is 4.90 Å². The van der Waals surface area contributed by atoms with Crippen LogP contribution in [0.25, 0.3) is 0 Å². The van der Waals surface area contributed by atoms with Gasteiger partial charge >= 0.3 is 5.97 Å². The Hall–Kier alpha value is -3.42. The Morgan fingerprint density at radius 3 is 2.18 bits per heavy atom. The number of nitrogens with zero attached hydrogens (tertiary/aromatic N) is 1. The molecule has 1 aliphatic carbocycles. The Labute approximate surface area is 223 Å². The molecular formula is C30H37FN2O5. The number of nitrogens with one attached hydrogen (secondary N) is 1. The second-order valence-corrected chi connectivity index (χ2v) is 10.3. The zero-order chi connectivity index (χ0) is 27.1. The minimum Gasteiger partial charge on any atom is -0.497 e. The number of anilines is 1. The Morgan fingerprint density at radius 2 is 1.58 bits per heavy atom. The number of carbonyl (C=O) groups is 3. The molecule has 8 heteroatoms. The number of esters is 1. The van der Waals surface area contributed by atoms with E-state index in [1.807, 2.05) is 29.2 Å². The molecule has 1 saturated heterocycles. The Kier molecular flexibility index (Phi) is 9.37. The van der Waals surface area contributed by atoms with Crippen LogP contribution in [-0.4, -0.2) is 50.0 Å². The van der Waals surface area contributed by atoms with E-state index in [1.165, 1.54) is 25.8 Å². The number of halogens is 1. The van der Waals surface area contributed by atoms with Crippen LogP contribution in [0.4, 0.5) is 10.1 Å². The number of hydrogen-bond donors (Lipinski definition) is 1. The highest BCUT2D eigenvalue weighted by molar-refractivity contribution is 5.90. The summed E-state index contributed by atoms with van der Waals surface area (Å²) in [6.07, 6.45) is 5.25.